The topological polar surface area (TPSA) is 60.2 Å². The number of halogens is 3. The summed E-state index contributed by atoms with van der Waals surface area (Å²) in [6, 6.07) is 10.8. The Balaban J connectivity index is 2.29. The standard InChI is InChI=1S/C16H14Cl3N3O/c17-12-3-2-11(8-14(12)19)10-22(6-1-7-23)16-5-4-13(18)15(9-20)21-16/h2-5,8,23H,1,6-7,10H2. The fourth-order valence-electron chi connectivity index (χ4n) is 2.08. The van der Waals surface area contributed by atoms with Crippen molar-refractivity contribution in [1.29, 1.82) is 5.26 Å². The van der Waals surface area contributed by atoms with Crippen LogP contribution in [0.1, 0.15) is 17.7 Å². The lowest BCUT2D eigenvalue weighted by Crippen LogP contribution is -2.25. The van der Waals surface area contributed by atoms with E-state index >= 15 is 0 Å². The van der Waals surface area contributed by atoms with Crippen molar-refractivity contribution >= 4 is 40.6 Å². The minimum atomic E-state index is 0.0660. The molecule has 1 aromatic heterocycles. The zero-order chi connectivity index (χ0) is 16.8. The summed E-state index contributed by atoms with van der Waals surface area (Å²) in [5.41, 5.74) is 1.12. The van der Waals surface area contributed by atoms with Gasteiger partial charge in [-0.3, -0.25) is 0 Å². The van der Waals surface area contributed by atoms with E-state index in [1.54, 1.807) is 24.3 Å². The van der Waals surface area contributed by atoms with E-state index in [1.807, 2.05) is 17.0 Å². The summed E-state index contributed by atoms with van der Waals surface area (Å²) in [6.07, 6.45) is 0.577. The highest BCUT2D eigenvalue weighted by Gasteiger charge is 2.12. The van der Waals surface area contributed by atoms with E-state index in [4.69, 9.17) is 45.2 Å². The maximum absolute atomic E-state index is 9.09. The van der Waals surface area contributed by atoms with Crippen LogP contribution in [-0.2, 0) is 6.54 Å². The second kappa shape index (κ2) is 8.37. The number of aliphatic hydroxyl groups is 1. The number of hydrogen-bond acceptors (Lipinski definition) is 4. The molecule has 0 bridgehead atoms. The monoisotopic (exact) mass is 369 g/mol. The number of anilines is 1. The summed E-state index contributed by atoms with van der Waals surface area (Å²) in [4.78, 5) is 6.22. The highest BCUT2D eigenvalue weighted by Crippen LogP contribution is 2.25. The fraction of sp³-hybridized carbons (Fsp3) is 0.250. The average Bonchev–Trinajstić information content (AvgIpc) is 2.55. The van der Waals surface area contributed by atoms with Crippen molar-refractivity contribution in [3.05, 3.63) is 56.7 Å². The molecule has 0 aliphatic heterocycles. The molecule has 0 unspecified atom stereocenters. The molecule has 1 N–H and O–H groups in total. The van der Waals surface area contributed by atoms with E-state index in [0.29, 0.717) is 40.4 Å². The number of aromatic nitrogens is 1. The predicted octanol–water partition coefficient (Wildman–Crippen LogP) is 4.30. The molecule has 0 aliphatic carbocycles. The van der Waals surface area contributed by atoms with Crippen molar-refractivity contribution < 1.29 is 5.11 Å². The molecule has 0 radical (unpaired) electrons. The first-order valence-electron chi connectivity index (χ1n) is 6.91. The first-order valence-corrected chi connectivity index (χ1v) is 8.05. The Hall–Kier alpha value is -1.51. The van der Waals surface area contributed by atoms with Crippen LogP contribution >= 0.6 is 34.8 Å². The number of aliphatic hydroxyl groups excluding tert-OH is 1. The summed E-state index contributed by atoms with van der Waals surface area (Å²) in [7, 11) is 0. The van der Waals surface area contributed by atoms with Crippen LogP contribution in [0.3, 0.4) is 0 Å². The molecule has 0 amide bonds. The Labute approximate surface area is 149 Å². The van der Waals surface area contributed by atoms with Crippen molar-refractivity contribution in [2.45, 2.75) is 13.0 Å². The predicted molar refractivity (Wildman–Crippen MR) is 93.2 cm³/mol. The second-order valence-electron chi connectivity index (χ2n) is 4.86. The van der Waals surface area contributed by atoms with Gasteiger partial charge < -0.3 is 10.0 Å². The van der Waals surface area contributed by atoms with Gasteiger partial charge in [-0.15, -0.1) is 0 Å². The minimum absolute atomic E-state index is 0.0660. The van der Waals surface area contributed by atoms with E-state index in [2.05, 4.69) is 4.98 Å². The van der Waals surface area contributed by atoms with Gasteiger partial charge in [0.1, 0.15) is 11.9 Å². The molecule has 0 spiro atoms. The largest absolute Gasteiger partial charge is 0.396 e. The summed E-state index contributed by atoms with van der Waals surface area (Å²) in [5.74, 6) is 0.616. The van der Waals surface area contributed by atoms with Crippen LogP contribution in [0.4, 0.5) is 5.82 Å². The molecule has 1 heterocycles. The molecule has 0 saturated heterocycles. The molecule has 2 rings (SSSR count). The van der Waals surface area contributed by atoms with Gasteiger partial charge in [-0.1, -0.05) is 40.9 Å². The third kappa shape index (κ3) is 4.73. The first kappa shape index (κ1) is 17.8. The van der Waals surface area contributed by atoms with Crippen LogP contribution in [0.2, 0.25) is 15.1 Å². The van der Waals surface area contributed by atoms with Crippen LogP contribution in [-0.4, -0.2) is 23.2 Å². The molecule has 4 nitrogen and oxygen atoms in total. The Morgan fingerprint density at radius 2 is 1.83 bits per heavy atom. The number of hydrogen-bond donors (Lipinski definition) is 1. The first-order chi connectivity index (χ1) is 11.0. The Kier molecular flexibility index (Phi) is 6.49. The van der Waals surface area contributed by atoms with Crippen LogP contribution in [0.25, 0.3) is 0 Å². The highest BCUT2D eigenvalue weighted by molar-refractivity contribution is 6.42. The van der Waals surface area contributed by atoms with Gasteiger partial charge in [-0.2, -0.15) is 5.26 Å². The molecule has 23 heavy (non-hydrogen) atoms. The lowest BCUT2D eigenvalue weighted by molar-refractivity contribution is 0.289. The van der Waals surface area contributed by atoms with Gasteiger partial charge in [0.05, 0.1) is 15.1 Å². The number of nitrogens with zero attached hydrogens (tertiary/aromatic N) is 3. The number of pyridine rings is 1. The zero-order valence-corrected chi connectivity index (χ0v) is 14.4. The van der Waals surface area contributed by atoms with Crippen molar-refractivity contribution in [3.63, 3.8) is 0 Å². The third-order valence-corrected chi connectivity index (χ3v) is 4.25. The smallest absolute Gasteiger partial charge is 0.161 e. The van der Waals surface area contributed by atoms with Gasteiger partial charge in [0, 0.05) is 19.7 Å². The van der Waals surface area contributed by atoms with Crippen LogP contribution < -0.4 is 4.90 Å². The van der Waals surface area contributed by atoms with Gasteiger partial charge in [0.2, 0.25) is 0 Å². The molecular weight excluding hydrogens is 357 g/mol. The Morgan fingerprint density at radius 3 is 2.48 bits per heavy atom. The van der Waals surface area contributed by atoms with Crippen molar-refractivity contribution in [2.24, 2.45) is 0 Å². The molecule has 7 heteroatoms. The van der Waals surface area contributed by atoms with E-state index < -0.39 is 0 Å². The van der Waals surface area contributed by atoms with Gasteiger partial charge in [0.15, 0.2) is 5.69 Å². The summed E-state index contributed by atoms with van der Waals surface area (Å²) in [6.45, 7) is 1.17. The van der Waals surface area contributed by atoms with Crippen LogP contribution in [0.15, 0.2) is 30.3 Å². The van der Waals surface area contributed by atoms with Crippen molar-refractivity contribution in [2.75, 3.05) is 18.1 Å². The molecule has 0 aliphatic rings. The SMILES string of the molecule is N#Cc1nc(N(CCCO)Cc2ccc(Cl)c(Cl)c2)ccc1Cl. The van der Waals surface area contributed by atoms with E-state index in [-0.39, 0.29) is 12.3 Å². The normalized spacial score (nSPS) is 10.4. The molecule has 0 fully saturated rings. The van der Waals surface area contributed by atoms with E-state index in [0.717, 1.165) is 5.56 Å². The quantitative estimate of drug-likeness (QED) is 0.823. The summed E-state index contributed by atoms with van der Waals surface area (Å²) < 4.78 is 0. The fourth-order valence-corrected chi connectivity index (χ4v) is 2.55. The van der Waals surface area contributed by atoms with E-state index in [1.165, 1.54) is 0 Å². The lowest BCUT2D eigenvalue weighted by Gasteiger charge is -2.24. The average molecular weight is 371 g/mol. The maximum Gasteiger partial charge on any atom is 0.161 e. The summed E-state index contributed by atoms with van der Waals surface area (Å²) in [5, 5.41) is 19.5. The second-order valence-corrected chi connectivity index (χ2v) is 6.08. The number of nitriles is 1. The zero-order valence-electron chi connectivity index (χ0n) is 12.1. The van der Waals surface area contributed by atoms with Gasteiger partial charge in [-0.05, 0) is 36.2 Å². The van der Waals surface area contributed by atoms with Gasteiger partial charge >= 0.3 is 0 Å². The van der Waals surface area contributed by atoms with Gasteiger partial charge in [0.25, 0.3) is 0 Å². The maximum atomic E-state index is 9.09. The molecule has 2 aromatic rings. The Morgan fingerprint density at radius 1 is 1.09 bits per heavy atom. The Bertz CT molecular complexity index is 731. The van der Waals surface area contributed by atoms with E-state index in [9.17, 15) is 0 Å². The summed E-state index contributed by atoms with van der Waals surface area (Å²) >= 11 is 17.9. The minimum Gasteiger partial charge on any atom is -0.396 e. The molecular formula is C16H14Cl3N3O. The van der Waals surface area contributed by atoms with Crippen LogP contribution in [0, 0.1) is 11.3 Å². The molecule has 1 aromatic carbocycles. The number of rotatable bonds is 6. The van der Waals surface area contributed by atoms with Crippen LogP contribution in [0.5, 0.6) is 0 Å². The lowest BCUT2D eigenvalue weighted by atomic mass is 10.2. The third-order valence-electron chi connectivity index (χ3n) is 3.20. The van der Waals surface area contributed by atoms with Crippen molar-refractivity contribution in [3.8, 4) is 6.07 Å². The molecule has 0 saturated carbocycles. The molecule has 120 valence electrons. The van der Waals surface area contributed by atoms with Crippen molar-refractivity contribution in [1.82, 2.24) is 4.98 Å². The van der Waals surface area contributed by atoms with Gasteiger partial charge in [-0.25, -0.2) is 4.98 Å². The molecule has 0 atom stereocenters. The number of benzene rings is 1. The highest BCUT2D eigenvalue weighted by atomic mass is 35.5.